The molecule has 0 N–H and O–H groups in total. The molecule has 0 saturated carbocycles. The predicted octanol–water partition coefficient (Wildman–Crippen LogP) is 15.4. The highest BCUT2D eigenvalue weighted by Crippen LogP contribution is 2.52. The minimum atomic E-state index is -0.533. The van der Waals surface area contributed by atoms with Gasteiger partial charge in [0.05, 0.1) is 34.7 Å². The number of hydrogen-bond acceptors (Lipinski definition) is 10. The number of hydrogen-bond donors (Lipinski definition) is 0. The molecule has 0 fully saturated rings. The van der Waals surface area contributed by atoms with Crippen LogP contribution in [0, 0.1) is 0 Å². The van der Waals surface area contributed by atoms with E-state index < -0.39 is 22.5 Å². The van der Waals surface area contributed by atoms with Crippen molar-refractivity contribution in [1.82, 2.24) is 9.97 Å². The van der Waals surface area contributed by atoms with Crippen LogP contribution >= 0.6 is 0 Å². The van der Waals surface area contributed by atoms with Crippen LogP contribution in [-0.2, 0) is 10.8 Å². The Labute approximate surface area is 429 Å². The monoisotopic (exact) mass is 981 g/mol. The summed E-state index contributed by atoms with van der Waals surface area (Å²) < 4.78 is 31.4. The smallest absolute Gasteiger partial charge is 0.347 e. The lowest BCUT2D eigenvalue weighted by Crippen LogP contribution is -2.44. The molecule has 0 unspecified atom stereocenters. The first-order valence-corrected chi connectivity index (χ1v) is 25.6. The minimum Gasteiger partial charge on any atom is -0.488 e. The molecule has 0 aliphatic carbocycles. The Hall–Kier alpha value is -7.98. The number of nitrogens with zero attached hydrogens (tertiary/aromatic N) is 3. The Morgan fingerprint density at radius 3 is 1.69 bits per heavy atom. The highest BCUT2D eigenvalue weighted by molar-refractivity contribution is 6.11. The molecule has 0 radical (unpaired) electrons. The van der Waals surface area contributed by atoms with Crippen LogP contribution in [0.5, 0.6) is 11.5 Å². The molecule has 10 heteroatoms. The molecule has 2 aliphatic heterocycles. The fourth-order valence-corrected chi connectivity index (χ4v) is 11.3. The lowest BCUT2D eigenvalue weighted by Gasteiger charge is -2.48. The second-order valence-corrected chi connectivity index (χ2v) is 23.3. The number of rotatable bonds is 7. The van der Waals surface area contributed by atoms with Gasteiger partial charge in [-0.15, -0.1) is 0 Å². The number of furan rings is 1. The zero-order valence-electron chi connectivity index (χ0n) is 43.7. The maximum absolute atomic E-state index is 13.9. The molecule has 0 spiro atoms. The van der Waals surface area contributed by atoms with Crippen molar-refractivity contribution in [2.75, 3.05) is 18.0 Å². The molecule has 10 nitrogen and oxygen atoms in total. The van der Waals surface area contributed by atoms with Gasteiger partial charge in [-0.3, -0.25) is 9.97 Å². The summed E-state index contributed by atoms with van der Waals surface area (Å²) in [6, 6.07) is 38.3. The van der Waals surface area contributed by atoms with Crippen molar-refractivity contribution in [3.63, 3.8) is 0 Å². The summed E-state index contributed by atoms with van der Waals surface area (Å²) in [5.41, 5.74) is 8.37. The van der Waals surface area contributed by atoms with Gasteiger partial charge in [0.15, 0.2) is 0 Å². The molecule has 0 bridgehead atoms. The van der Waals surface area contributed by atoms with Crippen molar-refractivity contribution in [3.8, 4) is 67.8 Å². The zero-order valence-corrected chi connectivity index (χ0v) is 43.7. The first kappa shape index (κ1) is 47.1. The highest BCUT2D eigenvalue weighted by atomic mass is 16.5. The molecule has 6 aromatic carbocycles. The highest BCUT2D eigenvalue weighted by Gasteiger charge is 2.42. The number of fused-ring (bicyclic) bond motifs is 5. The van der Waals surface area contributed by atoms with E-state index in [-0.39, 0.29) is 16.4 Å². The van der Waals surface area contributed by atoms with Crippen LogP contribution in [0.25, 0.3) is 99.8 Å². The van der Waals surface area contributed by atoms with Crippen molar-refractivity contribution >= 4 is 49.2 Å². The standard InChI is InChI=1S/C64H59N3O7/c1-61(2,3)73-37-31-54-47(55(32-37)74-62(4,5)6)33-48(60(69)71-54)53-24-23-52(70-53)45-22-14-18-41-39(16-12-20-43(41)45)38-15-11-19-42-40(38)17-13-21-44(42)50-34-66-51(35-65-50)46-29-36-30-49-57-56(58(36)72-59(46)68)64(9,10)26-28-67(57)27-25-63(49,7)8/h11-24,29-35H,25-28H2,1-10H3. The van der Waals surface area contributed by atoms with Gasteiger partial charge in [0.1, 0.15) is 51.0 Å². The maximum atomic E-state index is 13.9. The van der Waals surface area contributed by atoms with E-state index in [4.69, 9.17) is 32.7 Å². The first-order valence-electron chi connectivity index (χ1n) is 25.6. The van der Waals surface area contributed by atoms with Crippen LogP contribution in [0.15, 0.2) is 150 Å². The van der Waals surface area contributed by atoms with Gasteiger partial charge in [0.25, 0.3) is 0 Å². The molecule has 10 aromatic rings. The van der Waals surface area contributed by atoms with E-state index in [1.54, 1.807) is 24.5 Å². The Morgan fingerprint density at radius 1 is 0.527 bits per heavy atom. The van der Waals surface area contributed by atoms with E-state index in [1.165, 1.54) is 11.3 Å². The number of ether oxygens (including phenoxy) is 2. The van der Waals surface area contributed by atoms with Gasteiger partial charge in [-0.25, -0.2) is 9.59 Å². The summed E-state index contributed by atoms with van der Waals surface area (Å²) >= 11 is 0. The van der Waals surface area contributed by atoms with Gasteiger partial charge in [0, 0.05) is 53.0 Å². The van der Waals surface area contributed by atoms with E-state index in [1.807, 2.05) is 84.0 Å². The number of benzene rings is 6. The van der Waals surface area contributed by atoms with E-state index in [9.17, 15) is 9.59 Å². The molecule has 6 heterocycles. The molecular weight excluding hydrogens is 923 g/mol. The molecule has 0 amide bonds. The normalized spacial score (nSPS) is 15.2. The van der Waals surface area contributed by atoms with Gasteiger partial charge in [-0.1, -0.05) is 100 Å². The summed E-state index contributed by atoms with van der Waals surface area (Å²) in [7, 11) is 0. The maximum Gasteiger partial charge on any atom is 0.347 e. The molecule has 12 rings (SSSR count). The third kappa shape index (κ3) is 8.11. The molecular formula is C64H59N3O7. The molecule has 2 aliphatic rings. The fourth-order valence-electron chi connectivity index (χ4n) is 11.3. The summed E-state index contributed by atoms with van der Waals surface area (Å²) in [5.74, 6) is 2.07. The van der Waals surface area contributed by atoms with Crippen LogP contribution in [0.2, 0.25) is 0 Å². The van der Waals surface area contributed by atoms with Crippen molar-refractivity contribution in [3.05, 3.63) is 160 Å². The van der Waals surface area contributed by atoms with E-state index >= 15 is 0 Å². The largest absolute Gasteiger partial charge is 0.488 e. The van der Waals surface area contributed by atoms with Crippen molar-refractivity contribution in [1.29, 1.82) is 0 Å². The lowest BCUT2D eigenvalue weighted by atomic mass is 9.69. The molecule has 372 valence electrons. The molecule has 4 aromatic heterocycles. The number of aromatic nitrogens is 2. The zero-order chi connectivity index (χ0) is 51.6. The van der Waals surface area contributed by atoms with Crippen molar-refractivity contribution in [2.45, 2.75) is 104 Å². The Balaban J connectivity index is 0.883. The van der Waals surface area contributed by atoms with Gasteiger partial charge >= 0.3 is 11.3 Å². The van der Waals surface area contributed by atoms with Crippen molar-refractivity contribution in [2.24, 2.45) is 0 Å². The topological polar surface area (TPSA) is 121 Å². The van der Waals surface area contributed by atoms with E-state index in [0.29, 0.717) is 56.5 Å². The summed E-state index contributed by atoms with van der Waals surface area (Å²) in [6.07, 6.45) is 5.50. The summed E-state index contributed by atoms with van der Waals surface area (Å²) in [6.45, 7) is 23.0. The van der Waals surface area contributed by atoms with Gasteiger partial charge in [-0.05, 0) is 134 Å². The fraction of sp³-hybridized carbons (Fsp3) is 0.281. The number of anilines is 1. The van der Waals surface area contributed by atoms with E-state index in [2.05, 4.69) is 93.3 Å². The first-order chi connectivity index (χ1) is 35.2. The molecule has 0 atom stereocenters. The molecule has 0 saturated heterocycles. The van der Waals surface area contributed by atoms with E-state index in [0.717, 1.165) is 80.7 Å². The third-order valence-corrected chi connectivity index (χ3v) is 14.8. The average molecular weight is 982 g/mol. The van der Waals surface area contributed by atoms with Crippen LogP contribution in [0.1, 0.15) is 93.2 Å². The summed E-state index contributed by atoms with van der Waals surface area (Å²) in [5, 5.41) is 5.64. The van der Waals surface area contributed by atoms with Gasteiger partial charge in [-0.2, -0.15) is 0 Å². The van der Waals surface area contributed by atoms with Crippen LogP contribution < -0.4 is 25.6 Å². The predicted molar refractivity (Wildman–Crippen MR) is 297 cm³/mol. The lowest BCUT2D eigenvalue weighted by molar-refractivity contribution is 0.122. The molecule has 74 heavy (non-hydrogen) atoms. The van der Waals surface area contributed by atoms with Gasteiger partial charge in [0.2, 0.25) is 0 Å². The average Bonchev–Trinajstić information content (AvgIpc) is 3.84. The quantitative estimate of drug-likeness (QED) is 0.143. The Morgan fingerprint density at radius 2 is 1.07 bits per heavy atom. The Bertz CT molecular complexity index is 4050. The van der Waals surface area contributed by atoms with Crippen LogP contribution in [0.3, 0.4) is 0 Å². The Kier molecular flexibility index (Phi) is 10.7. The van der Waals surface area contributed by atoms with Crippen LogP contribution in [0.4, 0.5) is 5.69 Å². The third-order valence-electron chi connectivity index (χ3n) is 14.8. The SMILES string of the molecule is CC(C)(C)Oc1cc(OC(C)(C)C)c2cc(-c3ccc(-c4cccc5c(-c6cccc7c(-c8cnc(-c9cc%10cc%11c%12c(c%10oc9=O)C(C)(C)CCN%12CCC%11(C)C)cn8)cccc67)cccc45)o3)c(=O)oc2c1. The second kappa shape index (κ2) is 16.8. The van der Waals surface area contributed by atoms with Gasteiger partial charge < -0.3 is 27.6 Å². The van der Waals surface area contributed by atoms with Crippen LogP contribution in [-0.4, -0.2) is 34.3 Å². The summed E-state index contributed by atoms with van der Waals surface area (Å²) in [4.78, 5) is 39.9. The second-order valence-electron chi connectivity index (χ2n) is 23.3. The van der Waals surface area contributed by atoms with Crippen molar-refractivity contribution < 1.29 is 22.7 Å². The minimum absolute atomic E-state index is 0.0100.